The summed E-state index contributed by atoms with van der Waals surface area (Å²) in [6.07, 6.45) is 1.52. The summed E-state index contributed by atoms with van der Waals surface area (Å²) in [7, 11) is 0. The number of aryl methyl sites for hydroxylation is 1. The minimum Gasteiger partial charge on any atom is -0.466 e. The van der Waals surface area contributed by atoms with Gasteiger partial charge in [0.15, 0.2) is 0 Å². The third-order valence-electron chi connectivity index (χ3n) is 4.65. The maximum absolute atomic E-state index is 11.6. The molecule has 2 nitrogen and oxygen atoms in total. The number of benzene rings is 1. The fraction of sp³-hybridized carbons (Fsp3) is 0.409. The Kier molecular flexibility index (Phi) is 5.79. The molecule has 1 aliphatic rings. The highest BCUT2D eigenvalue weighted by atomic mass is 32.2. The van der Waals surface area contributed by atoms with Crippen LogP contribution in [0.5, 0.6) is 0 Å². The van der Waals surface area contributed by atoms with Crippen molar-refractivity contribution in [2.45, 2.75) is 50.8 Å². The molecule has 0 bridgehead atoms. The van der Waals surface area contributed by atoms with E-state index in [-0.39, 0.29) is 11.4 Å². The third kappa shape index (κ3) is 4.34. The topological polar surface area (TPSA) is 26.3 Å². The second-order valence-corrected chi connectivity index (χ2v) is 9.45. The SMILES string of the molecule is CCOC(=O)Cc1ccc(C#Cc2cc3c(cc2C)SCCC3(C)C)s1. The summed E-state index contributed by atoms with van der Waals surface area (Å²) in [5, 5.41) is 0. The molecule has 136 valence electrons. The number of thiophene rings is 1. The predicted molar refractivity (Wildman–Crippen MR) is 110 cm³/mol. The summed E-state index contributed by atoms with van der Waals surface area (Å²) in [5.74, 6) is 7.62. The number of hydrogen-bond acceptors (Lipinski definition) is 4. The molecule has 2 aromatic rings. The van der Waals surface area contributed by atoms with Crippen molar-refractivity contribution in [2.24, 2.45) is 0 Å². The van der Waals surface area contributed by atoms with Gasteiger partial charge >= 0.3 is 5.97 Å². The number of carbonyl (C=O) groups is 1. The summed E-state index contributed by atoms with van der Waals surface area (Å²) in [6, 6.07) is 8.51. The van der Waals surface area contributed by atoms with Crippen LogP contribution in [0.1, 0.15) is 53.6 Å². The van der Waals surface area contributed by atoms with Crippen LogP contribution < -0.4 is 0 Å². The minimum atomic E-state index is -0.181. The number of thioether (sulfide) groups is 1. The van der Waals surface area contributed by atoms with Gasteiger partial charge in [0.05, 0.1) is 17.9 Å². The molecule has 4 heteroatoms. The van der Waals surface area contributed by atoms with E-state index in [1.54, 1.807) is 11.3 Å². The molecule has 1 aliphatic heterocycles. The average molecular weight is 385 g/mol. The fourth-order valence-electron chi connectivity index (χ4n) is 3.04. The van der Waals surface area contributed by atoms with E-state index < -0.39 is 0 Å². The third-order valence-corrected chi connectivity index (χ3v) is 6.70. The highest BCUT2D eigenvalue weighted by molar-refractivity contribution is 7.99. The van der Waals surface area contributed by atoms with E-state index in [4.69, 9.17) is 4.74 Å². The van der Waals surface area contributed by atoms with Crippen molar-refractivity contribution in [3.8, 4) is 11.8 Å². The number of hydrogen-bond donors (Lipinski definition) is 0. The summed E-state index contributed by atoms with van der Waals surface area (Å²) in [4.78, 5) is 15.0. The fourth-order valence-corrected chi connectivity index (χ4v) is 5.47. The van der Waals surface area contributed by atoms with Crippen molar-refractivity contribution in [3.05, 3.63) is 50.7 Å². The first-order valence-electron chi connectivity index (χ1n) is 8.93. The van der Waals surface area contributed by atoms with Crippen molar-refractivity contribution in [2.75, 3.05) is 12.4 Å². The molecule has 0 unspecified atom stereocenters. The quantitative estimate of drug-likeness (QED) is 0.528. The van der Waals surface area contributed by atoms with Crippen LogP contribution in [0.25, 0.3) is 0 Å². The van der Waals surface area contributed by atoms with Gasteiger partial charge in [-0.2, -0.15) is 0 Å². The highest BCUT2D eigenvalue weighted by Crippen LogP contribution is 2.42. The van der Waals surface area contributed by atoms with Gasteiger partial charge in [-0.25, -0.2) is 0 Å². The molecular weight excluding hydrogens is 360 g/mol. The lowest BCUT2D eigenvalue weighted by molar-refractivity contribution is -0.142. The summed E-state index contributed by atoms with van der Waals surface area (Å²) in [6.45, 7) is 9.01. The molecule has 26 heavy (non-hydrogen) atoms. The van der Waals surface area contributed by atoms with E-state index in [1.165, 1.54) is 28.2 Å². The zero-order chi connectivity index (χ0) is 18.7. The van der Waals surface area contributed by atoms with Crippen LogP contribution in [-0.4, -0.2) is 18.3 Å². The van der Waals surface area contributed by atoms with Gasteiger partial charge in [0, 0.05) is 15.3 Å². The molecule has 1 aromatic heterocycles. The number of carbonyl (C=O) groups excluding carboxylic acids is 1. The Bertz CT molecular complexity index is 881. The lowest BCUT2D eigenvalue weighted by Gasteiger charge is -2.32. The van der Waals surface area contributed by atoms with Crippen molar-refractivity contribution >= 4 is 29.1 Å². The number of rotatable bonds is 3. The average Bonchev–Trinajstić information content (AvgIpc) is 3.00. The lowest BCUT2D eigenvalue weighted by Crippen LogP contribution is -2.23. The van der Waals surface area contributed by atoms with Gasteiger partial charge in [0.1, 0.15) is 0 Å². The Hall–Kier alpha value is -1.70. The number of ether oxygens (including phenoxy) is 1. The molecule has 0 saturated carbocycles. The van der Waals surface area contributed by atoms with Crippen molar-refractivity contribution in [1.82, 2.24) is 0 Å². The standard InChI is InChI=1S/C22H24O2S2/c1-5-24-21(23)14-18-9-8-17(26-18)7-6-16-13-19-20(12-15(16)2)25-11-10-22(19,3)4/h8-9,12-13H,5,10-11,14H2,1-4H3. The van der Waals surface area contributed by atoms with Crippen LogP contribution in [0.4, 0.5) is 0 Å². The minimum absolute atomic E-state index is 0.181. The maximum atomic E-state index is 11.6. The molecule has 0 fully saturated rings. The van der Waals surface area contributed by atoms with Gasteiger partial charge < -0.3 is 4.74 Å². The zero-order valence-electron chi connectivity index (χ0n) is 15.8. The van der Waals surface area contributed by atoms with E-state index in [1.807, 2.05) is 30.8 Å². The monoisotopic (exact) mass is 384 g/mol. The first-order valence-corrected chi connectivity index (χ1v) is 10.7. The van der Waals surface area contributed by atoms with E-state index in [9.17, 15) is 4.79 Å². The molecule has 0 saturated heterocycles. The zero-order valence-corrected chi connectivity index (χ0v) is 17.4. The molecule has 0 radical (unpaired) electrons. The van der Waals surface area contributed by atoms with Crippen LogP contribution in [0.2, 0.25) is 0 Å². The molecular formula is C22H24O2S2. The van der Waals surface area contributed by atoms with Crippen LogP contribution in [-0.2, 0) is 21.4 Å². The molecule has 0 amide bonds. The molecule has 0 aliphatic carbocycles. The molecule has 3 rings (SSSR count). The van der Waals surface area contributed by atoms with Crippen LogP contribution in [0.3, 0.4) is 0 Å². The second-order valence-electron chi connectivity index (χ2n) is 7.14. The Morgan fingerprint density at radius 3 is 2.85 bits per heavy atom. The number of esters is 1. The first-order chi connectivity index (χ1) is 12.4. The van der Waals surface area contributed by atoms with Crippen molar-refractivity contribution in [1.29, 1.82) is 0 Å². The predicted octanol–water partition coefficient (Wildman–Crippen LogP) is 5.34. The Morgan fingerprint density at radius 2 is 2.08 bits per heavy atom. The van der Waals surface area contributed by atoms with Crippen molar-refractivity contribution < 1.29 is 9.53 Å². The van der Waals surface area contributed by atoms with Gasteiger partial charge in [-0.15, -0.1) is 23.1 Å². The van der Waals surface area contributed by atoms with E-state index >= 15 is 0 Å². The summed E-state index contributed by atoms with van der Waals surface area (Å²) >= 11 is 3.51. The van der Waals surface area contributed by atoms with E-state index in [0.717, 1.165) is 15.3 Å². The lowest BCUT2D eigenvalue weighted by atomic mass is 9.80. The van der Waals surface area contributed by atoms with Gasteiger partial charge in [-0.1, -0.05) is 25.7 Å². The largest absolute Gasteiger partial charge is 0.466 e. The van der Waals surface area contributed by atoms with Gasteiger partial charge in [-0.3, -0.25) is 4.79 Å². The summed E-state index contributed by atoms with van der Waals surface area (Å²) in [5.41, 5.74) is 3.95. The smallest absolute Gasteiger partial charge is 0.311 e. The van der Waals surface area contributed by atoms with Gasteiger partial charge in [0.25, 0.3) is 0 Å². The van der Waals surface area contributed by atoms with E-state index in [0.29, 0.717) is 13.0 Å². The van der Waals surface area contributed by atoms with Gasteiger partial charge in [-0.05, 0) is 66.8 Å². The van der Waals surface area contributed by atoms with Crippen LogP contribution >= 0.6 is 23.1 Å². The van der Waals surface area contributed by atoms with Crippen LogP contribution in [0.15, 0.2) is 29.2 Å². The summed E-state index contributed by atoms with van der Waals surface area (Å²) < 4.78 is 5.00. The van der Waals surface area contributed by atoms with Crippen molar-refractivity contribution in [3.63, 3.8) is 0 Å². The highest BCUT2D eigenvalue weighted by Gasteiger charge is 2.28. The normalized spacial score (nSPS) is 14.9. The second kappa shape index (κ2) is 7.90. The molecule has 0 N–H and O–H groups in total. The Balaban J connectivity index is 1.83. The van der Waals surface area contributed by atoms with Crippen LogP contribution in [0, 0.1) is 18.8 Å². The first kappa shape index (κ1) is 19.1. The number of fused-ring (bicyclic) bond motifs is 1. The molecule has 1 aromatic carbocycles. The molecule has 0 atom stereocenters. The maximum Gasteiger partial charge on any atom is 0.311 e. The van der Waals surface area contributed by atoms with Gasteiger partial charge in [0.2, 0.25) is 0 Å². The Labute approximate surface area is 164 Å². The Morgan fingerprint density at radius 1 is 1.27 bits per heavy atom. The molecule has 0 spiro atoms. The van der Waals surface area contributed by atoms with E-state index in [2.05, 4.69) is 44.7 Å². The molecule has 2 heterocycles.